The topological polar surface area (TPSA) is 50.2 Å². The number of para-hydroxylation sites is 1. The summed E-state index contributed by atoms with van der Waals surface area (Å²) in [6.07, 6.45) is 3.60. The number of pyridine rings is 1. The van der Waals surface area contributed by atoms with E-state index in [1.54, 1.807) is 0 Å². The zero-order valence-electron chi connectivity index (χ0n) is 8.84. The Balaban J connectivity index is 0.000000138. The van der Waals surface area contributed by atoms with Crippen LogP contribution in [0.2, 0.25) is 0 Å². The van der Waals surface area contributed by atoms with Gasteiger partial charge in [-0.1, -0.05) is 24.3 Å². The van der Waals surface area contributed by atoms with Gasteiger partial charge in [-0.3, -0.25) is 9.78 Å². The summed E-state index contributed by atoms with van der Waals surface area (Å²) in [5.41, 5.74) is 1.06. The van der Waals surface area contributed by atoms with Crippen LogP contribution >= 0.6 is 0 Å². The second-order valence-corrected chi connectivity index (χ2v) is 3.81. The highest BCUT2D eigenvalue weighted by Crippen LogP contribution is 2.28. The van der Waals surface area contributed by atoms with E-state index in [-0.39, 0.29) is 5.92 Å². The Hall–Kier alpha value is -1.90. The van der Waals surface area contributed by atoms with E-state index in [1.165, 1.54) is 5.39 Å². The van der Waals surface area contributed by atoms with Gasteiger partial charge in [-0.15, -0.1) is 0 Å². The molecule has 1 aliphatic carbocycles. The highest BCUT2D eigenvalue weighted by Gasteiger charge is 2.28. The minimum Gasteiger partial charge on any atom is -0.481 e. The van der Waals surface area contributed by atoms with Crippen LogP contribution in [0.5, 0.6) is 0 Å². The average Bonchev–Trinajstić information content (AvgIpc) is 3.14. The maximum absolute atomic E-state index is 9.76. The summed E-state index contributed by atoms with van der Waals surface area (Å²) in [5, 5.41) is 9.25. The number of fused-ring (bicyclic) bond motifs is 1. The summed E-state index contributed by atoms with van der Waals surface area (Å²) in [6.45, 7) is 0. The second kappa shape index (κ2) is 4.75. The Kier molecular flexibility index (Phi) is 3.15. The van der Waals surface area contributed by atoms with Crippen molar-refractivity contribution < 1.29 is 9.90 Å². The van der Waals surface area contributed by atoms with E-state index in [0.29, 0.717) is 0 Å². The fourth-order valence-electron chi connectivity index (χ4n) is 1.35. The molecule has 3 nitrogen and oxygen atoms in total. The third-order valence-corrected chi connectivity index (χ3v) is 2.44. The predicted molar refractivity (Wildman–Crippen MR) is 62.1 cm³/mol. The number of hydrogen-bond donors (Lipinski definition) is 1. The molecule has 1 saturated carbocycles. The molecule has 0 amide bonds. The van der Waals surface area contributed by atoms with Crippen LogP contribution in [0.15, 0.2) is 42.6 Å². The normalized spacial score (nSPS) is 14.0. The number of nitrogens with zero attached hydrogens (tertiary/aromatic N) is 1. The fourth-order valence-corrected chi connectivity index (χ4v) is 1.35. The van der Waals surface area contributed by atoms with E-state index in [2.05, 4.69) is 17.1 Å². The van der Waals surface area contributed by atoms with Crippen molar-refractivity contribution in [3.63, 3.8) is 0 Å². The minimum atomic E-state index is -0.630. The number of carbonyl (C=O) groups is 1. The summed E-state index contributed by atoms with van der Waals surface area (Å²) in [5.74, 6) is -0.611. The molecule has 0 radical (unpaired) electrons. The molecular formula is C13H13NO2. The molecular weight excluding hydrogens is 202 g/mol. The summed E-state index contributed by atoms with van der Waals surface area (Å²) >= 11 is 0. The fraction of sp³-hybridized carbons (Fsp3) is 0.231. The van der Waals surface area contributed by atoms with Crippen molar-refractivity contribution in [2.24, 2.45) is 5.92 Å². The van der Waals surface area contributed by atoms with Crippen LogP contribution in [0.4, 0.5) is 0 Å². The molecule has 2 aromatic rings. The van der Waals surface area contributed by atoms with Crippen molar-refractivity contribution in [2.75, 3.05) is 0 Å². The lowest BCUT2D eigenvalue weighted by Gasteiger charge is -1.91. The van der Waals surface area contributed by atoms with Gasteiger partial charge in [0.05, 0.1) is 11.4 Å². The molecule has 1 aliphatic rings. The molecule has 0 bridgehead atoms. The number of benzene rings is 1. The first kappa shape index (κ1) is 10.6. The van der Waals surface area contributed by atoms with E-state index in [1.807, 2.05) is 30.5 Å². The molecule has 1 fully saturated rings. The van der Waals surface area contributed by atoms with E-state index >= 15 is 0 Å². The van der Waals surface area contributed by atoms with Crippen LogP contribution in [0, 0.1) is 5.92 Å². The molecule has 0 unspecified atom stereocenters. The Labute approximate surface area is 93.7 Å². The van der Waals surface area contributed by atoms with E-state index in [0.717, 1.165) is 18.4 Å². The van der Waals surface area contributed by atoms with E-state index in [9.17, 15) is 4.79 Å². The number of aromatic nitrogens is 1. The lowest BCUT2D eigenvalue weighted by molar-refractivity contribution is -0.138. The average molecular weight is 215 g/mol. The largest absolute Gasteiger partial charge is 0.481 e. The van der Waals surface area contributed by atoms with Gasteiger partial charge in [0.1, 0.15) is 0 Å². The minimum absolute atomic E-state index is 0.0185. The zero-order chi connectivity index (χ0) is 11.4. The summed E-state index contributed by atoms with van der Waals surface area (Å²) in [7, 11) is 0. The predicted octanol–water partition coefficient (Wildman–Crippen LogP) is 2.72. The molecule has 1 heterocycles. The first-order chi connectivity index (χ1) is 7.77. The zero-order valence-corrected chi connectivity index (χ0v) is 8.84. The smallest absolute Gasteiger partial charge is 0.306 e. The van der Waals surface area contributed by atoms with Gasteiger partial charge < -0.3 is 5.11 Å². The van der Waals surface area contributed by atoms with Crippen molar-refractivity contribution in [1.29, 1.82) is 0 Å². The van der Waals surface area contributed by atoms with E-state index < -0.39 is 5.97 Å². The molecule has 82 valence electrons. The standard InChI is InChI=1S/C9H7N.C4H6O2/c1-2-6-9-8(4-1)5-3-7-10-9;5-4(6)3-1-2-3/h1-7H;3H,1-2H2,(H,5,6). The molecule has 0 saturated heterocycles. The van der Waals surface area contributed by atoms with Crippen LogP contribution in [0.3, 0.4) is 0 Å². The summed E-state index contributed by atoms with van der Waals surface area (Å²) in [4.78, 5) is 13.9. The van der Waals surface area contributed by atoms with Crippen LogP contribution in [-0.2, 0) is 4.79 Å². The molecule has 16 heavy (non-hydrogen) atoms. The van der Waals surface area contributed by atoms with Crippen molar-refractivity contribution in [3.05, 3.63) is 42.6 Å². The Morgan fingerprint density at radius 1 is 1.19 bits per heavy atom. The monoisotopic (exact) mass is 215 g/mol. The third-order valence-electron chi connectivity index (χ3n) is 2.44. The summed E-state index contributed by atoms with van der Waals surface area (Å²) < 4.78 is 0. The third kappa shape index (κ3) is 2.79. The van der Waals surface area contributed by atoms with Gasteiger partial charge in [-0.2, -0.15) is 0 Å². The first-order valence-electron chi connectivity index (χ1n) is 5.30. The first-order valence-corrected chi connectivity index (χ1v) is 5.30. The van der Waals surface area contributed by atoms with E-state index in [4.69, 9.17) is 5.11 Å². The quantitative estimate of drug-likeness (QED) is 0.795. The molecule has 1 aromatic carbocycles. The summed E-state index contributed by atoms with van der Waals surface area (Å²) in [6, 6.07) is 12.1. The maximum atomic E-state index is 9.76. The van der Waals surface area contributed by atoms with Gasteiger partial charge in [0, 0.05) is 11.6 Å². The highest BCUT2D eigenvalue weighted by molar-refractivity contribution is 5.77. The molecule has 1 aromatic heterocycles. The van der Waals surface area contributed by atoms with Gasteiger partial charge in [0.25, 0.3) is 0 Å². The molecule has 1 N–H and O–H groups in total. The van der Waals surface area contributed by atoms with Crippen molar-refractivity contribution >= 4 is 16.9 Å². The number of carboxylic acids is 1. The lowest BCUT2D eigenvalue weighted by Crippen LogP contribution is -1.94. The number of hydrogen-bond acceptors (Lipinski definition) is 2. The number of rotatable bonds is 1. The molecule has 0 spiro atoms. The van der Waals surface area contributed by atoms with Gasteiger partial charge in [-0.25, -0.2) is 0 Å². The van der Waals surface area contributed by atoms with Crippen molar-refractivity contribution in [3.8, 4) is 0 Å². The Morgan fingerprint density at radius 2 is 1.88 bits per heavy atom. The Morgan fingerprint density at radius 3 is 2.44 bits per heavy atom. The molecule has 3 heteroatoms. The van der Waals surface area contributed by atoms with Crippen molar-refractivity contribution in [1.82, 2.24) is 4.98 Å². The van der Waals surface area contributed by atoms with Gasteiger partial charge in [0.15, 0.2) is 0 Å². The SMILES string of the molecule is O=C(O)C1CC1.c1ccc2ncccc2c1. The van der Waals surface area contributed by atoms with Crippen molar-refractivity contribution in [2.45, 2.75) is 12.8 Å². The number of carboxylic acid groups (broad SMARTS) is 1. The highest BCUT2D eigenvalue weighted by atomic mass is 16.4. The molecule has 3 rings (SSSR count). The maximum Gasteiger partial charge on any atom is 0.306 e. The Bertz CT molecular complexity index is 427. The number of aliphatic carboxylic acids is 1. The van der Waals surface area contributed by atoms with Gasteiger partial charge >= 0.3 is 5.97 Å². The van der Waals surface area contributed by atoms with Gasteiger partial charge in [-0.05, 0) is 25.0 Å². The molecule has 0 atom stereocenters. The lowest BCUT2D eigenvalue weighted by atomic mass is 10.2. The van der Waals surface area contributed by atoms with Crippen LogP contribution in [0.25, 0.3) is 10.9 Å². The van der Waals surface area contributed by atoms with Crippen LogP contribution in [0.1, 0.15) is 12.8 Å². The molecule has 0 aliphatic heterocycles. The van der Waals surface area contributed by atoms with Crippen LogP contribution < -0.4 is 0 Å². The van der Waals surface area contributed by atoms with Crippen LogP contribution in [-0.4, -0.2) is 16.1 Å². The second-order valence-electron chi connectivity index (χ2n) is 3.81. The van der Waals surface area contributed by atoms with Gasteiger partial charge in [0.2, 0.25) is 0 Å².